The molecule has 2 rings (SSSR count). The molecule has 0 radical (unpaired) electrons. The first-order valence-electron chi connectivity index (χ1n) is 5.51. The lowest BCUT2D eigenvalue weighted by atomic mass is 10.3. The van der Waals surface area contributed by atoms with Gasteiger partial charge in [0, 0.05) is 17.8 Å². The van der Waals surface area contributed by atoms with E-state index in [1.165, 1.54) is 0 Å². The molecule has 1 N–H and O–H groups in total. The molecular weight excluding hydrogens is 236 g/mol. The Labute approximate surface area is 104 Å². The molecule has 17 heavy (non-hydrogen) atoms. The summed E-state index contributed by atoms with van der Waals surface area (Å²) in [5.74, 6) is -0.895. The van der Waals surface area contributed by atoms with Crippen LogP contribution in [0.1, 0.15) is 34.4 Å². The van der Waals surface area contributed by atoms with Gasteiger partial charge in [-0.1, -0.05) is 6.92 Å². The van der Waals surface area contributed by atoms with E-state index in [0.29, 0.717) is 12.1 Å². The second-order valence-corrected chi connectivity index (χ2v) is 4.80. The van der Waals surface area contributed by atoms with Crippen molar-refractivity contribution >= 4 is 17.3 Å². The third-order valence-corrected chi connectivity index (χ3v) is 3.36. The molecule has 0 aliphatic rings. The molecule has 90 valence electrons. The fraction of sp³-hybridized carbons (Fsp3) is 0.333. The Morgan fingerprint density at radius 2 is 2.41 bits per heavy atom. The molecule has 2 aromatic heterocycles. The number of carbonyl (C=O) groups is 1. The Morgan fingerprint density at radius 1 is 1.59 bits per heavy atom. The minimum atomic E-state index is -0.895. The Morgan fingerprint density at radius 3 is 3.06 bits per heavy atom. The van der Waals surface area contributed by atoms with E-state index in [0.717, 1.165) is 23.5 Å². The summed E-state index contributed by atoms with van der Waals surface area (Å²) in [5.41, 5.74) is 1.31. The van der Waals surface area contributed by atoms with Crippen molar-refractivity contribution in [2.75, 3.05) is 0 Å². The maximum absolute atomic E-state index is 10.7. The van der Waals surface area contributed by atoms with E-state index in [2.05, 4.69) is 11.9 Å². The Hall–Kier alpha value is -1.62. The number of nitrogens with zero attached hydrogens (tertiary/aromatic N) is 2. The van der Waals surface area contributed by atoms with E-state index in [9.17, 15) is 4.79 Å². The van der Waals surface area contributed by atoms with Crippen LogP contribution in [0.15, 0.2) is 23.8 Å². The quantitative estimate of drug-likeness (QED) is 0.887. The molecule has 0 amide bonds. The van der Waals surface area contributed by atoms with Crippen molar-refractivity contribution in [3.05, 3.63) is 40.1 Å². The maximum atomic E-state index is 10.7. The maximum Gasteiger partial charge on any atom is 0.337 e. The van der Waals surface area contributed by atoms with Crippen LogP contribution >= 0.6 is 11.3 Å². The van der Waals surface area contributed by atoms with Crippen LogP contribution in [-0.2, 0) is 13.0 Å². The normalized spacial score (nSPS) is 10.6. The molecule has 5 heteroatoms. The topological polar surface area (TPSA) is 55.1 Å². The SMILES string of the molecule is CCCc1nc(Cn2ccc(C(=O)O)c2)cs1. The average molecular weight is 250 g/mol. The largest absolute Gasteiger partial charge is 0.478 e. The van der Waals surface area contributed by atoms with Gasteiger partial charge in [0.15, 0.2) is 0 Å². The molecule has 0 spiro atoms. The van der Waals surface area contributed by atoms with Gasteiger partial charge in [0.25, 0.3) is 0 Å². The van der Waals surface area contributed by atoms with Crippen molar-refractivity contribution in [3.8, 4) is 0 Å². The van der Waals surface area contributed by atoms with E-state index in [1.54, 1.807) is 29.8 Å². The molecule has 0 atom stereocenters. The Bertz CT molecular complexity index is 516. The van der Waals surface area contributed by atoms with Crippen LogP contribution < -0.4 is 0 Å². The molecule has 2 heterocycles. The molecule has 2 aromatic rings. The number of hydrogen-bond donors (Lipinski definition) is 1. The van der Waals surface area contributed by atoms with Crippen LogP contribution in [0.4, 0.5) is 0 Å². The van der Waals surface area contributed by atoms with Gasteiger partial charge < -0.3 is 9.67 Å². The second kappa shape index (κ2) is 5.14. The van der Waals surface area contributed by atoms with E-state index >= 15 is 0 Å². The molecule has 0 saturated carbocycles. The minimum Gasteiger partial charge on any atom is -0.478 e. The minimum absolute atomic E-state index is 0.314. The number of rotatable bonds is 5. The summed E-state index contributed by atoms with van der Waals surface area (Å²) < 4.78 is 1.84. The number of thiazole rings is 1. The number of aryl methyl sites for hydroxylation is 1. The van der Waals surface area contributed by atoms with Crippen LogP contribution in [0, 0.1) is 0 Å². The number of aromatic nitrogens is 2. The lowest BCUT2D eigenvalue weighted by Gasteiger charge is -1.98. The summed E-state index contributed by atoms with van der Waals surface area (Å²) in [7, 11) is 0. The first-order chi connectivity index (χ1) is 8.19. The van der Waals surface area contributed by atoms with E-state index in [-0.39, 0.29) is 0 Å². The lowest BCUT2D eigenvalue weighted by molar-refractivity contribution is 0.0697. The van der Waals surface area contributed by atoms with Gasteiger partial charge in [-0.2, -0.15) is 0 Å². The van der Waals surface area contributed by atoms with Crippen molar-refractivity contribution in [2.24, 2.45) is 0 Å². The standard InChI is InChI=1S/C12H14N2O2S/c1-2-3-11-13-10(8-17-11)7-14-5-4-9(6-14)12(15)16/h4-6,8H,2-3,7H2,1H3,(H,15,16). The fourth-order valence-corrected chi connectivity index (χ4v) is 2.49. The molecule has 4 nitrogen and oxygen atoms in total. The number of carboxylic acid groups (broad SMARTS) is 1. The van der Waals surface area contributed by atoms with Crippen LogP contribution in [0.25, 0.3) is 0 Å². The average Bonchev–Trinajstić information content (AvgIpc) is 2.89. The third kappa shape index (κ3) is 2.94. The van der Waals surface area contributed by atoms with Crippen LogP contribution in [0.2, 0.25) is 0 Å². The van der Waals surface area contributed by atoms with Crippen molar-refractivity contribution in [1.82, 2.24) is 9.55 Å². The fourth-order valence-electron chi connectivity index (χ4n) is 1.60. The van der Waals surface area contributed by atoms with Gasteiger partial charge >= 0.3 is 5.97 Å². The van der Waals surface area contributed by atoms with Crippen molar-refractivity contribution in [1.29, 1.82) is 0 Å². The summed E-state index contributed by atoms with van der Waals surface area (Å²) in [6.07, 6.45) is 5.50. The zero-order valence-electron chi connectivity index (χ0n) is 9.59. The van der Waals surface area contributed by atoms with E-state index < -0.39 is 5.97 Å². The summed E-state index contributed by atoms with van der Waals surface area (Å²) in [5, 5.41) is 12.0. The van der Waals surface area contributed by atoms with Gasteiger partial charge in [0.2, 0.25) is 0 Å². The van der Waals surface area contributed by atoms with Crippen LogP contribution in [0.5, 0.6) is 0 Å². The third-order valence-electron chi connectivity index (χ3n) is 2.41. The summed E-state index contributed by atoms with van der Waals surface area (Å²) >= 11 is 1.67. The molecule has 0 unspecified atom stereocenters. The van der Waals surface area contributed by atoms with Gasteiger partial charge in [-0.15, -0.1) is 11.3 Å². The smallest absolute Gasteiger partial charge is 0.337 e. The zero-order valence-corrected chi connectivity index (χ0v) is 10.4. The van der Waals surface area contributed by atoms with Crippen molar-refractivity contribution in [2.45, 2.75) is 26.3 Å². The van der Waals surface area contributed by atoms with Crippen molar-refractivity contribution < 1.29 is 9.90 Å². The molecule has 0 fully saturated rings. The molecular formula is C12H14N2O2S. The second-order valence-electron chi connectivity index (χ2n) is 3.86. The first-order valence-corrected chi connectivity index (χ1v) is 6.39. The molecule has 0 aliphatic carbocycles. The van der Waals surface area contributed by atoms with Gasteiger partial charge in [0.1, 0.15) is 0 Å². The van der Waals surface area contributed by atoms with Crippen molar-refractivity contribution in [3.63, 3.8) is 0 Å². The highest BCUT2D eigenvalue weighted by Gasteiger charge is 2.06. The van der Waals surface area contributed by atoms with E-state index in [4.69, 9.17) is 5.11 Å². The number of aromatic carboxylic acids is 1. The van der Waals surface area contributed by atoms with Gasteiger partial charge in [-0.05, 0) is 18.9 Å². The summed E-state index contributed by atoms with van der Waals surface area (Å²) in [6.45, 7) is 2.76. The number of hydrogen-bond acceptors (Lipinski definition) is 3. The Kier molecular flexibility index (Phi) is 3.58. The predicted octanol–water partition coefficient (Wildman–Crippen LogP) is 2.64. The molecule has 0 bridgehead atoms. The van der Waals surface area contributed by atoms with Gasteiger partial charge in [0.05, 0.1) is 22.8 Å². The van der Waals surface area contributed by atoms with Crippen LogP contribution in [-0.4, -0.2) is 20.6 Å². The first kappa shape index (κ1) is 11.9. The molecule has 0 aromatic carbocycles. The summed E-state index contributed by atoms with van der Waals surface area (Å²) in [6, 6.07) is 1.60. The lowest BCUT2D eigenvalue weighted by Crippen LogP contribution is -1.98. The predicted molar refractivity (Wildman–Crippen MR) is 66.6 cm³/mol. The van der Waals surface area contributed by atoms with Gasteiger partial charge in [-0.3, -0.25) is 0 Å². The summed E-state index contributed by atoms with van der Waals surface area (Å²) in [4.78, 5) is 15.2. The van der Waals surface area contributed by atoms with Gasteiger partial charge in [-0.25, -0.2) is 9.78 Å². The number of carboxylic acids is 1. The highest BCUT2D eigenvalue weighted by atomic mass is 32.1. The van der Waals surface area contributed by atoms with Crippen LogP contribution in [0.3, 0.4) is 0 Å². The molecule has 0 aliphatic heterocycles. The zero-order chi connectivity index (χ0) is 12.3. The highest BCUT2D eigenvalue weighted by molar-refractivity contribution is 7.09. The molecule has 0 saturated heterocycles. The monoisotopic (exact) mass is 250 g/mol. The van der Waals surface area contributed by atoms with E-state index in [1.807, 2.05) is 9.95 Å². The highest BCUT2D eigenvalue weighted by Crippen LogP contribution is 2.13. The Balaban J connectivity index is 2.05.